The first-order valence-electron chi connectivity index (χ1n) is 10.5. The molecule has 4 rings (SSSR count). The second kappa shape index (κ2) is 8.81. The molecule has 1 atom stereocenters. The Kier molecular flexibility index (Phi) is 5.97. The highest BCUT2D eigenvalue weighted by Crippen LogP contribution is 2.42. The Labute approximate surface area is 176 Å². The lowest BCUT2D eigenvalue weighted by Gasteiger charge is -2.32. The van der Waals surface area contributed by atoms with E-state index in [4.69, 9.17) is 13.9 Å². The Bertz CT molecular complexity index is 885. The van der Waals surface area contributed by atoms with Crippen molar-refractivity contribution in [1.29, 1.82) is 0 Å². The molecule has 160 valence electrons. The Morgan fingerprint density at radius 1 is 1.07 bits per heavy atom. The third-order valence-electron chi connectivity index (χ3n) is 5.86. The summed E-state index contributed by atoms with van der Waals surface area (Å²) in [6.07, 6.45) is 7.31. The van der Waals surface area contributed by atoms with Gasteiger partial charge < -0.3 is 24.1 Å². The summed E-state index contributed by atoms with van der Waals surface area (Å²) < 4.78 is 16.4. The van der Waals surface area contributed by atoms with Crippen molar-refractivity contribution in [2.45, 2.75) is 56.7 Å². The van der Waals surface area contributed by atoms with E-state index in [0.29, 0.717) is 17.1 Å². The van der Waals surface area contributed by atoms with Gasteiger partial charge in [0.25, 0.3) is 5.91 Å². The SMILES string of the molecule is COc1cccc([C@@H](C(=O)NC2CCCC2)N(C(=O)c2ccco2)C2CC2)c1OC. The van der Waals surface area contributed by atoms with Gasteiger partial charge in [0.2, 0.25) is 5.91 Å². The number of carbonyl (C=O) groups is 2. The summed E-state index contributed by atoms with van der Waals surface area (Å²) in [5.74, 6) is 0.723. The molecule has 1 aromatic carbocycles. The fourth-order valence-electron chi connectivity index (χ4n) is 4.27. The predicted molar refractivity (Wildman–Crippen MR) is 111 cm³/mol. The van der Waals surface area contributed by atoms with Crippen molar-refractivity contribution in [3.8, 4) is 11.5 Å². The van der Waals surface area contributed by atoms with Crippen LogP contribution in [0.4, 0.5) is 0 Å². The first-order valence-corrected chi connectivity index (χ1v) is 10.5. The highest BCUT2D eigenvalue weighted by molar-refractivity contribution is 5.97. The Balaban J connectivity index is 1.76. The van der Waals surface area contributed by atoms with Crippen LogP contribution in [0, 0.1) is 0 Å². The van der Waals surface area contributed by atoms with E-state index in [1.807, 2.05) is 12.1 Å². The number of rotatable bonds is 8. The fraction of sp³-hybridized carbons (Fsp3) is 0.478. The zero-order chi connectivity index (χ0) is 21.1. The molecule has 0 spiro atoms. The largest absolute Gasteiger partial charge is 0.493 e. The van der Waals surface area contributed by atoms with Crippen LogP contribution in [0.25, 0.3) is 0 Å². The summed E-state index contributed by atoms with van der Waals surface area (Å²) in [7, 11) is 3.10. The maximum atomic E-state index is 13.6. The molecule has 2 saturated carbocycles. The van der Waals surface area contributed by atoms with Gasteiger partial charge in [-0.05, 0) is 43.9 Å². The summed E-state index contributed by atoms with van der Waals surface area (Å²) >= 11 is 0. The normalized spacial score (nSPS) is 17.4. The molecule has 1 heterocycles. The first kappa shape index (κ1) is 20.3. The molecule has 2 aliphatic carbocycles. The fourth-order valence-corrected chi connectivity index (χ4v) is 4.27. The number of carbonyl (C=O) groups excluding carboxylic acids is 2. The van der Waals surface area contributed by atoms with Crippen LogP contribution in [0.1, 0.15) is 60.7 Å². The highest BCUT2D eigenvalue weighted by Gasteiger charge is 2.44. The van der Waals surface area contributed by atoms with E-state index < -0.39 is 6.04 Å². The number of methoxy groups -OCH3 is 2. The lowest BCUT2D eigenvalue weighted by Crippen LogP contribution is -2.47. The summed E-state index contributed by atoms with van der Waals surface area (Å²) in [5, 5.41) is 3.17. The van der Waals surface area contributed by atoms with Gasteiger partial charge >= 0.3 is 0 Å². The van der Waals surface area contributed by atoms with Crippen LogP contribution in [0.3, 0.4) is 0 Å². The van der Waals surface area contributed by atoms with Crippen LogP contribution in [0.15, 0.2) is 41.0 Å². The Morgan fingerprint density at radius 2 is 1.83 bits per heavy atom. The van der Waals surface area contributed by atoms with Gasteiger partial charge in [-0.25, -0.2) is 0 Å². The molecule has 1 aromatic heterocycles. The van der Waals surface area contributed by atoms with Crippen LogP contribution in [-0.4, -0.2) is 43.0 Å². The molecule has 7 heteroatoms. The third-order valence-corrected chi connectivity index (χ3v) is 5.86. The zero-order valence-corrected chi connectivity index (χ0v) is 17.4. The van der Waals surface area contributed by atoms with Gasteiger partial charge in [-0.2, -0.15) is 0 Å². The van der Waals surface area contributed by atoms with E-state index in [1.54, 1.807) is 37.3 Å². The van der Waals surface area contributed by atoms with Gasteiger partial charge in [-0.3, -0.25) is 9.59 Å². The molecule has 0 unspecified atom stereocenters. The van der Waals surface area contributed by atoms with E-state index in [-0.39, 0.29) is 29.7 Å². The molecule has 30 heavy (non-hydrogen) atoms. The third kappa shape index (κ3) is 4.01. The average molecular weight is 412 g/mol. The number of nitrogens with zero attached hydrogens (tertiary/aromatic N) is 1. The van der Waals surface area contributed by atoms with Crippen molar-refractivity contribution in [2.24, 2.45) is 0 Å². The maximum Gasteiger partial charge on any atom is 0.290 e. The standard InChI is InChI=1S/C23H28N2O5/c1-28-18-10-5-9-17(21(18)29-2)20(22(26)24-15-7-3-4-8-15)25(16-12-13-16)23(27)19-11-6-14-30-19/h5-6,9-11,14-16,20H,3-4,7-8,12-13H2,1-2H3,(H,24,26)/t20-/m0/s1. The van der Waals surface area contributed by atoms with Crippen molar-refractivity contribution in [3.63, 3.8) is 0 Å². The quantitative estimate of drug-likeness (QED) is 0.715. The van der Waals surface area contributed by atoms with Gasteiger partial charge in [0.1, 0.15) is 6.04 Å². The van der Waals surface area contributed by atoms with Crippen molar-refractivity contribution >= 4 is 11.8 Å². The predicted octanol–water partition coefficient (Wildman–Crippen LogP) is 3.70. The van der Waals surface area contributed by atoms with Crippen molar-refractivity contribution in [2.75, 3.05) is 14.2 Å². The molecule has 1 N–H and O–H groups in total. The molecule has 0 aliphatic heterocycles. The molecule has 2 amide bonds. The molecule has 7 nitrogen and oxygen atoms in total. The summed E-state index contributed by atoms with van der Waals surface area (Å²) in [4.78, 5) is 28.6. The lowest BCUT2D eigenvalue weighted by atomic mass is 10.0. The molecule has 2 aliphatic rings. The van der Waals surface area contributed by atoms with Crippen molar-refractivity contribution in [3.05, 3.63) is 47.9 Å². The highest BCUT2D eigenvalue weighted by atomic mass is 16.5. The molecule has 0 bridgehead atoms. The molecule has 2 aromatic rings. The molecule has 0 saturated heterocycles. The number of para-hydroxylation sites is 1. The molecular formula is C23H28N2O5. The number of furan rings is 1. The van der Waals surface area contributed by atoms with E-state index in [0.717, 1.165) is 38.5 Å². The first-order chi connectivity index (χ1) is 14.6. The number of benzene rings is 1. The number of ether oxygens (including phenoxy) is 2. The van der Waals surface area contributed by atoms with E-state index in [1.165, 1.54) is 6.26 Å². The lowest BCUT2D eigenvalue weighted by molar-refractivity contribution is -0.126. The number of hydrogen-bond acceptors (Lipinski definition) is 5. The van der Waals surface area contributed by atoms with E-state index in [9.17, 15) is 9.59 Å². The second-order valence-corrected chi connectivity index (χ2v) is 7.90. The minimum absolute atomic E-state index is 0.0159. The minimum atomic E-state index is -0.833. The van der Waals surface area contributed by atoms with Gasteiger partial charge in [-0.1, -0.05) is 25.0 Å². The van der Waals surface area contributed by atoms with Crippen LogP contribution in [-0.2, 0) is 4.79 Å². The van der Waals surface area contributed by atoms with Gasteiger partial charge in [-0.15, -0.1) is 0 Å². The van der Waals surface area contributed by atoms with Crippen LogP contribution < -0.4 is 14.8 Å². The smallest absolute Gasteiger partial charge is 0.290 e. The molecule has 0 radical (unpaired) electrons. The van der Waals surface area contributed by atoms with E-state index in [2.05, 4.69) is 5.32 Å². The number of amides is 2. The van der Waals surface area contributed by atoms with Gasteiger partial charge in [0, 0.05) is 17.6 Å². The number of hydrogen-bond donors (Lipinski definition) is 1. The van der Waals surface area contributed by atoms with Crippen LogP contribution in [0.2, 0.25) is 0 Å². The maximum absolute atomic E-state index is 13.6. The van der Waals surface area contributed by atoms with Gasteiger partial charge in [0.05, 0.1) is 20.5 Å². The molecule has 2 fully saturated rings. The number of nitrogens with one attached hydrogen (secondary N) is 1. The summed E-state index contributed by atoms with van der Waals surface area (Å²) in [6, 6.07) is 8.02. The summed E-state index contributed by atoms with van der Waals surface area (Å²) in [6.45, 7) is 0. The molecular weight excluding hydrogens is 384 g/mol. The topological polar surface area (TPSA) is 81.0 Å². The van der Waals surface area contributed by atoms with E-state index >= 15 is 0 Å². The van der Waals surface area contributed by atoms with Gasteiger partial charge in [0.15, 0.2) is 17.3 Å². The second-order valence-electron chi connectivity index (χ2n) is 7.90. The van der Waals surface area contributed by atoms with Crippen molar-refractivity contribution in [1.82, 2.24) is 10.2 Å². The van der Waals surface area contributed by atoms with Crippen LogP contribution in [0.5, 0.6) is 11.5 Å². The monoisotopic (exact) mass is 412 g/mol. The Hall–Kier alpha value is -2.96. The summed E-state index contributed by atoms with van der Waals surface area (Å²) in [5.41, 5.74) is 0.610. The zero-order valence-electron chi connectivity index (χ0n) is 17.4. The van der Waals surface area contributed by atoms with Crippen molar-refractivity contribution < 1.29 is 23.5 Å². The average Bonchev–Trinajstić information content (AvgIpc) is 3.20. The minimum Gasteiger partial charge on any atom is -0.493 e. The Morgan fingerprint density at radius 3 is 2.43 bits per heavy atom. The van der Waals surface area contributed by atoms with Crippen LogP contribution >= 0.6 is 0 Å².